The summed E-state index contributed by atoms with van der Waals surface area (Å²) in [6, 6.07) is 10.9. The number of aromatic amines is 1. The summed E-state index contributed by atoms with van der Waals surface area (Å²) < 4.78 is 44.8. The normalized spacial score (nSPS) is 11.5. The number of carbonyl (C=O) groups is 1. The highest BCUT2D eigenvalue weighted by Gasteiger charge is 2.33. The van der Waals surface area contributed by atoms with Crippen LogP contribution in [-0.4, -0.2) is 10.8 Å². The largest absolute Gasteiger partial charge is 0.487 e. The first-order valence-corrected chi connectivity index (χ1v) is 7.72. The molecule has 0 aliphatic rings. The molecule has 7 heteroatoms. The molecule has 0 saturated carbocycles. The smallest absolute Gasteiger partial charge is 0.416 e. The highest BCUT2D eigenvalue weighted by molar-refractivity contribution is 6.07. The van der Waals surface area contributed by atoms with Gasteiger partial charge in [0.2, 0.25) is 5.56 Å². The fourth-order valence-corrected chi connectivity index (χ4v) is 2.73. The second-order valence-electron chi connectivity index (χ2n) is 5.72. The third-order valence-electron chi connectivity index (χ3n) is 3.94. The zero-order valence-electron chi connectivity index (χ0n) is 13.7. The van der Waals surface area contributed by atoms with Crippen LogP contribution in [0.3, 0.4) is 0 Å². The molecular formula is C19H14F3NO3. The van der Waals surface area contributed by atoms with Gasteiger partial charge in [-0.1, -0.05) is 18.2 Å². The van der Waals surface area contributed by atoms with Gasteiger partial charge in [-0.3, -0.25) is 9.59 Å². The van der Waals surface area contributed by atoms with Crippen molar-refractivity contribution in [3.8, 4) is 5.75 Å². The van der Waals surface area contributed by atoms with Crippen LogP contribution in [0.2, 0.25) is 0 Å². The van der Waals surface area contributed by atoms with Crippen molar-refractivity contribution in [1.29, 1.82) is 0 Å². The summed E-state index contributed by atoms with van der Waals surface area (Å²) in [5.41, 5.74) is -0.548. The molecule has 1 aromatic heterocycles. The average molecular weight is 361 g/mol. The molecule has 0 bridgehead atoms. The molecule has 1 heterocycles. The fourth-order valence-electron chi connectivity index (χ4n) is 2.73. The third-order valence-corrected chi connectivity index (χ3v) is 3.94. The third kappa shape index (κ3) is 3.46. The van der Waals surface area contributed by atoms with E-state index in [1.54, 1.807) is 0 Å². The number of pyridine rings is 1. The van der Waals surface area contributed by atoms with Gasteiger partial charge < -0.3 is 9.72 Å². The SMILES string of the molecule is CC(=O)c1ccc(OCc2ccccc2C(F)(F)F)c2[nH]c(=O)ccc12. The van der Waals surface area contributed by atoms with Gasteiger partial charge in [0.25, 0.3) is 0 Å². The van der Waals surface area contributed by atoms with Gasteiger partial charge in [-0.15, -0.1) is 0 Å². The highest BCUT2D eigenvalue weighted by Crippen LogP contribution is 2.33. The van der Waals surface area contributed by atoms with Crippen molar-refractivity contribution < 1.29 is 22.7 Å². The van der Waals surface area contributed by atoms with E-state index in [-0.39, 0.29) is 29.2 Å². The number of rotatable bonds is 4. The van der Waals surface area contributed by atoms with E-state index in [2.05, 4.69) is 4.98 Å². The molecule has 0 saturated heterocycles. The van der Waals surface area contributed by atoms with Crippen molar-refractivity contribution in [3.63, 3.8) is 0 Å². The monoisotopic (exact) mass is 361 g/mol. The second kappa shape index (κ2) is 6.67. The number of hydrogen-bond donors (Lipinski definition) is 1. The van der Waals surface area contributed by atoms with E-state index in [1.807, 2.05) is 0 Å². The number of Topliss-reactive ketones (excluding diaryl/α,β-unsaturated/α-hetero) is 1. The number of nitrogens with one attached hydrogen (secondary N) is 1. The van der Waals surface area contributed by atoms with E-state index >= 15 is 0 Å². The minimum atomic E-state index is -4.49. The number of hydrogen-bond acceptors (Lipinski definition) is 3. The van der Waals surface area contributed by atoms with Gasteiger partial charge in [0.05, 0.1) is 11.1 Å². The fraction of sp³-hybridized carbons (Fsp3) is 0.158. The Morgan fingerprint density at radius 3 is 2.50 bits per heavy atom. The number of ketones is 1. The van der Waals surface area contributed by atoms with Crippen LogP contribution in [0.15, 0.2) is 53.3 Å². The molecule has 0 aliphatic carbocycles. The molecule has 0 fully saturated rings. The van der Waals surface area contributed by atoms with Crippen molar-refractivity contribution in [2.75, 3.05) is 0 Å². The van der Waals surface area contributed by atoms with Crippen LogP contribution in [0.1, 0.15) is 28.4 Å². The molecule has 1 N–H and O–H groups in total. The molecule has 0 spiro atoms. The van der Waals surface area contributed by atoms with Crippen molar-refractivity contribution in [1.82, 2.24) is 4.98 Å². The maximum absolute atomic E-state index is 13.1. The Bertz CT molecular complexity index is 1040. The standard InChI is InChI=1S/C19H14F3NO3/c1-11(24)13-6-8-16(18-14(13)7-9-17(25)23-18)26-10-12-4-2-3-5-15(12)19(20,21)22/h2-9H,10H2,1H3,(H,23,25). The Hall–Kier alpha value is -3.09. The van der Waals surface area contributed by atoms with Gasteiger partial charge in [-0.25, -0.2) is 0 Å². The van der Waals surface area contributed by atoms with Gasteiger partial charge in [0.15, 0.2) is 5.78 Å². The molecule has 0 atom stereocenters. The first-order chi connectivity index (χ1) is 12.3. The Kier molecular flexibility index (Phi) is 4.54. The van der Waals surface area contributed by atoms with E-state index in [0.29, 0.717) is 10.9 Å². The maximum Gasteiger partial charge on any atom is 0.416 e. The number of ether oxygens (including phenoxy) is 1. The zero-order chi connectivity index (χ0) is 18.9. The molecule has 0 radical (unpaired) electrons. The highest BCUT2D eigenvalue weighted by atomic mass is 19.4. The Labute approximate surface area is 146 Å². The summed E-state index contributed by atoms with van der Waals surface area (Å²) >= 11 is 0. The Balaban J connectivity index is 2.01. The summed E-state index contributed by atoms with van der Waals surface area (Å²) in [5.74, 6) is -0.00399. The quantitative estimate of drug-likeness (QED) is 0.704. The summed E-state index contributed by atoms with van der Waals surface area (Å²) in [5, 5.41) is 0.471. The number of aromatic nitrogens is 1. The lowest BCUT2D eigenvalue weighted by Crippen LogP contribution is -2.11. The van der Waals surface area contributed by atoms with Crippen LogP contribution in [0, 0.1) is 0 Å². The van der Waals surface area contributed by atoms with Gasteiger partial charge in [0.1, 0.15) is 12.4 Å². The molecule has 3 rings (SSSR count). The number of fused-ring (bicyclic) bond motifs is 1. The molecule has 4 nitrogen and oxygen atoms in total. The van der Waals surface area contributed by atoms with Crippen LogP contribution in [0.25, 0.3) is 10.9 Å². The van der Waals surface area contributed by atoms with E-state index in [1.165, 1.54) is 49.4 Å². The van der Waals surface area contributed by atoms with Gasteiger partial charge in [-0.05, 0) is 31.2 Å². The van der Waals surface area contributed by atoms with Crippen molar-refractivity contribution in [2.45, 2.75) is 19.7 Å². The number of halogens is 3. The first-order valence-electron chi connectivity index (χ1n) is 7.72. The maximum atomic E-state index is 13.1. The minimum absolute atomic E-state index is 0.0259. The molecule has 134 valence electrons. The molecule has 0 amide bonds. The molecule has 0 unspecified atom stereocenters. The second-order valence-corrected chi connectivity index (χ2v) is 5.72. The van der Waals surface area contributed by atoms with Crippen molar-refractivity contribution in [3.05, 3.63) is 75.6 Å². The van der Waals surface area contributed by atoms with Gasteiger partial charge >= 0.3 is 6.18 Å². The van der Waals surface area contributed by atoms with Gasteiger partial charge in [-0.2, -0.15) is 13.2 Å². The van der Waals surface area contributed by atoms with Crippen LogP contribution in [0.4, 0.5) is 13.2 Å². The lowest BCUT2D eigenvalue weighted by Gasteiger charge is -2.15. The van der Waals surface area contributed by atoms with Gasteiger partial charge in [0, 0.05) is 22.6 Å². The molecule has 26 heavy (non-hydrogen) atoms. The molecule has 2 aromatic carbocycles. The molecular weight excluding hydrogens is 347 g/mol. The Morgan fingerprint density at radius 2 is 1.81 bits per heavy atom. The van der Waals surface area contributed by atoms with Crippen LogP contribution < -0.4 is 10.3 Å². The van der Waals surface area contributed by atoms with Crippen molar-refractivity contribution in [2.24, 2.45) is 0 Å². The van der Waals surface area contributed by atoms with E-state index < -0.39 is 17.3 Å². The lowest BCUT2D eigenvalue weighted by atomic mass is 10.0. The van der Waals surface area contributed by atoms with E-state index in [9.17, 15) is 22.8 Å². The van der Waals surface area contributed by atoms with Crippen molar-refractivity contribution >= 4 is 16.7 Å². The summed E-state index contributed by atoms with van der Waals surface area (Å²) in [6.45, 7) is 1.06. The lowest BCUT2D eigenvalue weighted by molar-refractivity contribution is -0.138. The minimum Gasteiger partial charge on any atom is -0.487 e. The number of carbonyl (C=O) groups excluding carboxylic acids is 1. The molecule has 0 aliphatic heterocycles. The predicted molar refractivity (Wildman–Crippen MR) is 90.3 cm³/mol. The number of alkyl halides is 3. The predicted octanol–water partition coefficient (Wildman–Crippen LogP) is 4.33. The number of H-pyrrole nitrogens is 1. The number of benzene rings is 2. The molecule has 3 aromatic rings. The van der Waals surface area contributed by atoms with E-state index in [4.69, 9.17) is 4.74 Å². The summed E-state index contributed by atoms with van der Waals surface area (Å²) in [7, 11) is 0. The summed E-state index contributed by atoms with van der Waals surface area (Å²) in [6.07, 6.45) is -4.49. The van der Waals surface area contributed by atoms with Crippen LogP contribution >= 0.6 is 0 Å². The zero-order valence-corrected chi connectivity index (χ0v) is 13.7. The Morgan fingerprint density at radius 1 is 1.08 bits per heavy atom. The summed E-state index contributed by atoms with van der Waals surface area (Å²) in [4.78, 5) is 25.9. The van der Waals surface area contributed by atoms with Crippen LogP contribution in [0.5, 0.6) is 5.75 Å². The topological polar surface area (TPSA) is 59.2 Å². The van der Waals surface area contributed by atoms with E-state index in [0.717, 1.165) is 6.07 Å². The first kappa shape index (κ1) is 17.7. The average Bonchev–Trinajstić information content (AvgIpc) is 2.58. The van der Waals surface area contributed by atoms with Crippen LogP contribution in [-0.2, 0) is 12.8 Å².